The largest absolute Gasteiger partial charge is 0.501 e. The second kappa shape index (κ2) is 5.14. The van der Waals surface area contributed by atoms with Gasteiger partial charge in [0, 0.05) is 30.0 Å². The summed E-state index contributed by atoms with van der Waals surface area (Å²) in [4.78, 5) is 41.6. The Labute approximate surface area is 142 Å². The number of ketones is 1. The van der Waals surface area contributed by atoms with Gasteiger partial charge in [0.25, 0.3) is 11.7 Å². The van der Waals surface area contributed by atoms with Crippen LogP contribution in [0.5, 0.6) is 0 Å². The van der Waals surface area contributed by atoms with Crippen molar-refractivity contribution in [3.8, 4) is 0 Å². The van der Waals surface area contributed by atoms with Crippen LogP contribution < -0.4 is 0 Å². The third kappa shape index (κ3) is 2.05. The van der Waals surface area contributed by atoms with Gasteiger partial charge in [-0.1, -0.05) is 18.2 Å². The number of Topliss-reactive ketones (excluding diaryl/α,β-unsaturated/α-hetero) is 1. The number of amides is 2. The lowest BCUT2D eigenvalue weighted by molar-refractivity contribution is -0.144. The molecule has 2 aliphatic heterocycles. The van der Waals surface area contributed by atoms with Crippen molar-refractivity contribution in [2.75, 3.05) is 0 Å². The lowest BCUT2D eigenvalue weighted by Crippen LogP contribution is -2.34. The average Bonchev–Trinajstić information content (AvgIpc) is 3.06. The fraction of sp³-hybridized carbons (Fsp3) is 0.222. The van der Waals surface area contributed by atoms with Crippen molar-refractivity contribution in [1.29, 1.82) is 0 Å². The second-order valence-electron chi connectivity index (χ2n) is 6.12. The SMILES string of the molecule is CC1(c2ccnc3ccccc23)OC(N2C(=O)CCC2=O)=C(O)C1=O. The molecular formula is C18H14N2O5. The van der Waals surface area contributed by atoms with Crippen LogP contribution >= 0.6 is 0 Å². The van der Waals surface area contributed by atoms with Gasteiger partial charge in [-0.15, -0.1) is 0 Å². The fourth-order valence-corrected chi connectivity index (χ4v) is 3.25. The number of para-hydroxylation sites is 1. The van der Waals surface area contributed by atoms with Crippen molar-refractivity contribution in [2.45, 2.75) is 25.4 Å². The molecule has 0 aliphatic carbocycles. The van der Waals surface area contributed by atoms with E-state index in [1.165, 1.54) is 6.92 Å². The molecule has 25 heavy (non-hydrogen) atoms. The highest BCUT2D eigenvalue weighted by Crippen LogP contribution is 2.42. The number of nitrogens with zero attached hydrogens (tertiary/aromatic N) is 2. The number of likely N-dealkylation sites (tertiary alicyclic amines) is 1. The summed E-state index contributed by atoms with van der Waals surface area (Å²) >= 11 is 0. The monoisotopic (exact) mass is 338 g/mol. The van der Waals surface area contributed by atoms with E-state index in [1.54, 1.807) is 30.5 Å². The van der Waals surface area contributed by atoms with E-state index in [-0.39, 0.29) is 18.7 Å². The van der Waals surface area contributed by atoms with Crippen LogP contribution in [0, 0.1) is 0 Å². The highest BCUT2D eigenvalue weighted by molar-refractivity contribution is 6.09. The van der Waals surface area contributed by atoms with Crippen molar-refractivity contribution >= 4 is 28.5 Å². The predicted octanol–water partition coefficient (Wildman–Crippen LogP) is 1.93. The molecule has 126 valence electrons. The Morgan fingerprint density at radius 2 is 1.80 bits per heavy atom. The van der Waals surface area contributed by atoms with Gasteiger partial charge in [0.05, 0.1) is 5.52 Å². The summed E-state index contributed by atoms with van der Waals surface area (Å²) in [5.74, 6) is -2.80. The zero-order chi connectivity index (χ0) is 17.8. The molecule has 7 nitrogen and oxygen atoms in total. The third-order valence-corrected chi connectivity index (χ3v) is 4.57. The van der Waals surface area contributed by atoms with E-state index in [0.29, 0.717) is 16.5 Å². The molecule has 1 aromatic carbocycles. The number of imide groups is 1. The van der Waals surface area contributed by atoms with Crippen LogP contribution in [-0.2, 0) is 24.7 Å². The summed E-state index contributed by atoms with van der Waals surface area (Å²) in [6.07, 6.45) is 1.60. The minimum atomic E-state index is -1.55. The minimum absolute atomic E-state index is 0.0298. The molecule has 1 atom stereocenters. The number of ether oxygens (including phenoxy) is 1. The van der Waals surface area contributed by atoms with Crippen molar-refractivity contribution in [3.63, 3.8) is 0 Å². The van der Waals surface area contributed by atoms with Gasteiger partial charge in [-0.3, -0.25) is 19.4 Å². The molecule has 1 unspecified atom stereocenters. The molecule has 2 aromatic rings. The molecule has 1 saturated heterocycles. The van der Waals surface area contributed by atoms with Gasteiger partial charge in [-0.2, -0.15) is 0 Å². The molecule has 1 aromatic heterocycles. The number of aliphatic hydroxyl groups excluding tert-OH is 1. The zero-order valence-electron chi connectivity index (χ0n) is 13.4. The number of rotatable bonds is 2. The summed E-state index contributed by atoms with van der Waals surface area (Å²) in [7, 11) is 0. The molecule has 1 fully saturated rings. The van der Waals surface area contributed by atoms with Crippen LogP contribution in [-0.4, -0.2) is 32.6 Å². The second-order valence-corrected chi connectivity index (χ2v) is 6.12. The van der Waals surface area contributed by atoms with E-state index in [0.717, 1.165) is 4.90 Å². The van der Waals surface area contributed by atoms with Crippen LogP contribution in [0.15, 0.2) is 48.2 Å². The summed E-state index contributed by atoms with van der Waals surface area (Å²) < 4.78 is 5.73. The van der Waals surface area contributed by atoms with Crippen LogP contribution in [0.2, 0.25) is 0 Å². The van der Waals surface area contributed by atoms with Gasteiger partial charge >= 0.3 is 0 Å². The first kappa shape index (κ1) is 15.3. The lowest BCUT2D eigenvalue weighted by Gasteiger charge is -2.26. The molecule has 0 saturated carbocycles. The van der Waals surface area contributed by atoms with Crippen molar-refractivity contribution in [3.05, 3.63) is 53.7 Å². The van der Waals surface area contributed by atoms with Crippen molar-refractivity contribution in [1.82, 2.24) is 9.88 Å². The predicted molar refractivity (Wildman–Crippen MR) is 85.9 cm³/mol. The lowest BCUT2D eigenvalue weighted by atomic mass is 9.89. The first-order chi connectivity index (χ1) is 11.9. The summed E-state index contributed by atoms with van der Waals surface area (Å²) in [6, 6.07) is 8.84. The topological polar surface area (TPSA) is 96.8 Å². The molecule has 2 amide bonds. The van der Waals surface area contributed by atoms with Gasteiger partial charge in [-0.25, -0.2) is 4.90 Å². The molecule has 3 heterocycles. The number of benzene rings is 1. The third-order valence-electron chi connectivity index (χ3n) is 4.57. The maximum absolute atomic E-state index is 12.7. The number of hydrogen-bond acceptors (Lipinski definition) is 6. The molecule has 0 bridgehead atoms. The molecule has 7 heteroatoms. The van der Waals surface area contributed by atoms with E-state index in [9.17, 15) is 19.5 Å². The van der Waals surface area contributed by atoms with Crippen LogP contribution in [0.4, 0.5) is 0 Å². The first-order valence-corrected chi connectivity index (χ1v) is 7.80. The Balaban J connectivity index is 1.83. The number of carbonyl (C=O) groups excluding carboxylic acids is 3. The smallest absolute Gasteiger partial charge is 0.252 e. The normalized spacial score (nSPS) is 23.7. The Morgan fingerprint density at radius 3 is 2.52 bits per heavy atom. The summed E-state index contributed by atoms with van der Waals surface area (Å²) in [5.41, 5.74) is -0.381. The van der Waals surface area contributed by atoms with E-state index in [4.69, 9.17) is 4.74 Å². The molecule has 0 radical (unpaired) electrons. The van der Waals surface area contributed by atoms with E-state index in [1.807, 2.05) is 6.07 Å². The highest BCUT2D eigenvalue weighted by atomic mass is 16.5. The van der Waals surface area contributed by atoms with Gasteiger partial charge in [0.15, 0.2) is 5.60 Å². The molecule has 1 N–H and O–H groups in total. The fourth-order valence-electron chi connectivity index (χ4n) is 3.25. The Bertz CT molecular complexity index is 959. The van der Waals surface area contributed by atoms with E-state index < -0.39 is 29.0 Å². The zero-order valence-corrected chi connectivity index (χ0v) is 13.4. The van der Waals surface area contributed by atoms with Crippen molar-refractivity contribution < 1.29 is 24.2 Å². The standard InChI is InChI=1S/C18H14N2O5/c1-18(11-8-9-19-12-5-3-2-4-10(11)12)16(24)15(23)17(25-18)20-13(21)6-7-14(20)22/h2-5,8-9,23H,6-7H2,1H3. The van der Waals surface area contributed by atoms with Crippen LogP contribution in [0.25, 0.3) is 10.9 Å². The van der Waals surface area contributed by atoms with Gasteiger partial charge in [-0.05, 0) is 19.1 Å². The Morgan fingerprint density at radius 1 is 1.12 bits per heavy atom. The number of fused-ring (bicyclic) bond motifs is 1. The van der Waals surface area contributed by atoms with E-state index >= 15 is 0 Å². The average molecular weight is 338 g/mol. The molecule has 0 spiro atoms. The number of pyridine rings is 1. The first-order valence-electron chi connectivity index (χ1n) is 7.80. The van der Waals surface area contributed by atoms with Crippen LogP contribution in [0.1, 0.15) is 25.3 Å². The van der Waals surface area contributed by atoms with Crippen molar-refractivity contribution in [2.24, 2.45) is 0 Å². The number of aromatic nitrogens is 1. The molecule has 4 rings (SSSR count). The maximum Gasteiger partial charge on any atom is 0.252 e. The number of carbonyl (C=O) groups is 3. The number of hydrogen-bond donors (Lipinski definition) is 1. The quantitative estimate of drug-likeness (QED) is 0.841. The van der Waals surface area contributed by atoms with Crippen LogP contribution in [0.3, 0.4) is 0 Å². The van der Waals surface area contributed by atoms with Gasteiger partial charge in [0.2, 0.25) is 17.6 Å². The van der Waals surface area contributed by atoms with Gasteiger partial charge in [0.1, 0.15) is 0 Å². The Kier molecular flexibility index (Phi) is 3.15. The molecule has 2 aliphatic rings. The van der Waals surface area contributed by atoms with Gasteiger partial charge < -0.3 is 9.84 Å². The maximum atomic E-state index is 12.7. The molecular weight excluding hydrogens is 324 g/mol. The number of aliphatic hydroxyl groups is 1. The highest BCUT2D eigenvalue weighted by Gasteiger charge is 2.52. The Hall–Kier alpha value is -3.22. The summed E-state index contributed by atoms with van der Waals surface area (Å²) in [5, 5.41) is 11.0. The minimum Gasteiger partial charge on any atom is -0.501 e. The van der Waals surface area contributed by atoms with E-state index in [2.05, 4.69) is 4.98 Å². The summed E-state index contributed by atoms with van der Waals surface area (Å²) in [6.45, 7) is 1.51.